The van der Waals surface area contributed by atoms with Gasteiger partial charge in [-0.05, 0) is 12.1 Å². The van der Waals surface area contributed by atoms with Crippen LogP contribution in [0.15, 0.2) is 30.3 Å². The van der Waals surface area contributed by atoms with Gasteiger partial charge in [0.05, 0.1) is 0 Å². The summed E-state index contributed by atoms with van der Waals surface area (Å²) in [5.74, 6) is 0. The van der Waals surface area contributed by atoms with E-state index in [9.17, 15) is 0 Å². The van der Waals surface area contributed by atoms with Crippen molar-refractivity contribution in [3.05, 3.63) is 35.9 Å². The molecule has 0 aromatic heterocycles. The maximum atomic E-state index is 5.22. The van der Waals surface area contributed by atoms with Gasteiger partial charge < -0.3 is 12.4 Å². The summed E-state index contributed by atoms with van der Waals surface area (Å²) < 4.78 is 0. The van der Waals surface area contributed by atoms with E-state index in [0.717, 1.165) is 5.56 Å². The fourth-order valence-corrected chi connectivity index (χ4v) is 0.564. The lowest BCUT2D eigenvalue weighted by Crippen LogP contribution is -3.00. The molecule has 0 fully saturated rings. The second kappa shape index (κ2) is 4.10. The van der Waals surface area contributed by atoms with Crippen molar-refractivity contribution < 1.29 is 17.8 Å². The highest BCUT2D eigenvalue weighted by Gasteiger charge is 1.81. The summed E-state index contributed by atoms with van der Waals surface area (Å²) in [6, 6.07) is 9.80. The van der Waals surface area contributed by atoms with E-state index in [-0.39, 0.29) is 12.4 Å². The van der Waals surface area contributed by atoms with Crippen LogP contribution in [-0.2, 0) is 0 Å². The second-order valence-electron chi connectivity index (χ2n) is 1.58. The van der Waals surface area contributed by atoms with E-state index < -0.39 is 0 Å². The van der Waals surface area contributed by atoms with Gasteiger partial charge in [-0.25, -0.2) is 0 Å². The molecule has 0 unspecified atom stereocenters. The molecule has 0 heterocycles. The largest absolute Gasteiger partial charge is 1.00 e. The zero-order valence-electron chi connectivity index (χ0n) is 4.92. The fourth-order valence-electron chi connectivity index (χ4n) is 0.564. The van der Waals surface area contributed by atoms with Gasteiger partial charge in [-0.3, -0.25) is 5.41 Å². The van der Waals surface area contributed by atoms with Gasteiger partial charge in [0.15, 0.2) is 6.21 Å². The molecule has 9 heavy (non-hydrogen) atoms. The average Bonchev–Trinajstić information content (AvgIpc) is 1.90. The first kappa shape index (κ1) is 8.18. The van der Waals surface area contributed by atoms with Crippen LogP contribution in [-0.4, -0.2) is 6.21 Å². The van der Waals surface area contributed by atoms with E-state index in [1.807, 2.05) is 30.3 Å². The van der Waals surface area contributed by atoms with Gasteiger partial charge in [-0.15, -0.1) is 0 Å². The summed E-state index contributed by atoms with van der Waals surface area (Å²) in [5, 5.41) is 5.22. The minimum Gasteiger partial charge on any atom is -1.00 e. The average molecular weight is 142 g/mol. The predicted octanol–water partition coefficient (Wildman–Crippen LogP) is -3.13. The van der Waals surface area contributed by atoms with E-state index in [4.69, 9.17) is 5.41 Å². The number of nitrogens with two attached hydrogens (primary N) is 1. The third kappa shape index (κ3) is 2.29. The van der Waals surface area contributed by atoms with Crippen LogP contribution in [0.1, 0.15) is 5.56 Å². The Kier molecular flexibility index (Phi) is 3.72. The highest BCUT2D eigenvalue weighted by atomic mass is 35.5. The van der Waals surface area contributed by atoms with Gasteiger partial charge >= 0.3 is 0 Å². The Bertz CT molecular complexity index is 172. The molecule has 0 amide bonds. The SMILES string of the molecule is [Cl-].[NH2+]=Cc1ccccc1. The number of halogens is 1. The Morgan fingerprint density at radius 3 is 2.00 bits per heavy atom. The normalized spacial score (nSPS) is 7.56. The van der Waals surface area contributed by atoms with E-state index in [1.165, 1.54) is 0 Å². The third-order valence-electron chi connectivity index (χ3n) is 0.992. The first-order chi connectivity index (χ1) is 3.93. The molecule has 0 spiro atoms. The van der Waals surface area contributed by atoms with Gasteiger partial charge in [0.25, 0.3) is 0 Å². The Balaban J connectivity index is 0.000000640. The van der Waals surface area contributed by atoms with Crippen LogP contribution in [0.4, 0.5) is 0 Å². The molecule has 0 radical (unpaired) electrons. The van der Waals surface area contributed by atoms with Crippen molar-refractivity contribution in [3.63, 3.8) is 0 Å². The minimum atomic E-state index is 0. The Hall–Kier alpha value is -0.820. The zero-order valence-corrected chi connectivity index (χ0v) is 5.68. The molecule has 0 saturated carbocycles. The molecule has 0 aliphatic heterocycles. The van der Waals surface area contributed by atoms with Crippen LogP contribution in [0, 0.1) is 0 Å². The Morgan fingerprint density at radius 1 is 1.11 bits per heavy atom. The van der Waals surface area contributed by atoms with Crippen LogP contribution in [0.25, 0.3) is 0 Å². The minimum absolute atomic E-state index is 0. The standard InChI is InChI=1S/C7H7N.ClH/c8-6-7-4-2-1-3-5-7;/h1-6,8H;1H. The number of rotatable bonds is 1. The van der Waals surface area contributed by atoms with Gasteiger partial charge in [0.1, 0.15) is 0 Å². The summed E-state index contributed by atoms with van der Waals surface area (Å²) in [7, 11) is 0. The first-order valence-corrected chi connectivity index (χ1v) is 2.53. The molecule has 0 aliphatic rings. The van der Waals surface area contributed by atoms with E-state index in [0.29, 0.717) is 0 Å². The van der Waals surface area contributed by atoms with Gasteiger partial charge in [0, 0.05) is 5.56 Å². The second-order valence-corrected chi connectivity index (χ2v) is 1.58. The highest BCUT2D eigenvalue weighted by molar-refractivity contribution is 5.74. The zero-order chi connectivity index (χ0) is 5.82. The molecular formula is C7H8ClN. The van der Waals surface area contributed by atoms with Crippen LogP contribution in [0.3, 0.4) is 0 Å². The molecule has 2 heteroatoms. The van der Waals surface area contributed by atoms with Crippen molar-refractivity contribution in [2.45, 2.75) is 0 Å². The molecule has 1 aromatic carbocycles. The molecule has 0 bridgehead atoms. The van der Waals surface area contributed by atoms with Crippen LogP contribution >= 0.6 is 0 Å². The lowest BCUT2D eigenvalue weighted by Gasteiger charge is -1.81. The van der Waals surface area contributed by atoms with Crippen molar-refractivity contribution in [3.8, 4) is 0 Å². The molecule has 0 aliphatic carbocycles. The lowest BCUT2D eigenvalue weighted by molar-refractivity contribution is -0.104. The molecule has 1 nitrogen and oxygen atoms in total. The molecule has 1 rings (SSSR count). The van der Waals surface area contributed by atoms with E-state index >= 15 is 0 Å². The lowest BCUT2D eigenvalue weighted by atomic mass is 10.2. The molecule has 0 atom stereocenters. The Labute approximate surface area is 60.6 Å². The van der Waals surface area contributed by atoms with E-state index in [2.05, 4.69) is 0 Å². The van der Waals surface area contributed by atoms with Crippen molar-refractivity contribution in [2.24, 2.45) is 0 Å². The summed E-state index contributed by atoms with van der Waals surface area (Å²) in [6.07, 6.45) is 1.58. The van der Waals surface area contributed by atoms with Gasteiger partial charge in [0.2, 0.25) is 0 Å². The number of hydrogen-bond acceptors (Lipinski definition) is 0. The molecular weight excluding hydrogens is 134 g/mol. The first-order valence-electron chi connectivity index (χ1n) is 2.53. The number of benzene rings is 1. The third-order valence-corrected chi connectivity index (χ3v) is 0.992. The van der Waals surface area contributed by atoms with Crippen molar-refractivity contribution in [1.29, 1.82) is 0 Å². The van der Waals surface area contributed by atoms with Crippen molar-refractivity contribution in [1.82, 2.24) is 0 Å². The Morgan fingerprint density at radius 2 is 1.67 bits per heavy atom. The summed E-state index contributed by atoms with van der Waals surface area (Å²) in [4.78, 5) is 0. The summed E-state index contributed by atoms with van der Waals surface area (Å²) in [6.45, 7) is 0. The molecule has 1 aromatic rings. The monoisotopic (exact) mass is 141 g/mol. The van der Waals surface area contributed by atoms with Crippen LogP contribution < -0.4 is 17.8 Å². The smallest absolute Gasteiger partial charge is 0.167 e. The molecule has 48 valence electrons. The maximum Gasteiger partial charge on any atom is 0.167 e. The summed E-state index contributed by atoms with van der Waals surface area (Å²) in [5.41, 5.74) is 1.06. The topological polar surface area (TPSA) is 25.6 Å². The van der Waals surface area contributed by atoms with Gasteiger partial charge in [-0.2, -0.15) is 0 Å². The van der Waals surface area contributed by atoms with Crippen LogP contribution in [0.2, 0.25) is 0 Å². The fraction of sp³-hybridized carbons (Fsp3) is 0. The molecule has 2 N–H and O–H groups in total. The maximum absolute atomic E-state index is 5.22. The van der Waals surface area contributed by atoms with E-state index in [1.54, 1.807) is 6.21 Å². The van der Waals surface area contributed by atoms with Gasteiger partial charge in [-0.1, -0.05) is 18.2 Å². The summed E-state index contributed by atoms with van der Waals surface area (Å²) >= 11 is 0. The van der Waals surface area contributed by atoms with Crippen LogP contribution in [0.5, 0.6) is 0 Å². The number of hydrogen-bond donors (Lipinski definition) is 1. The predicted molar refractivity (Wildman–Crippen MR) is 33.5 cm³/mol. The molecule has 0 saturated heterocycles. The van der Waals surface area contributed by atoms with Crippen molar-refractivity contribution in [2.75, 3.05) is 0 Å². The quantitative estimate of drug-likeness (QED) is 0.401. The van der Waals surface area contributed by atoms with Crippen molar-refractivity contribution >= 4 is 6.21 Å². The highest BCUT2D eigenvalue weighted by Crippen LogP contribution is 1.90.